The Balaban J connectivity index is 1.65. The highest BCUT2D eigenvalue weighted by Crippen LogP contribution is 2.31. The summed E-state index contributed by atoms with van der Waals surface area (Å²) in [6.07, 6.45) is 2.16. The maximum absolute atomic E-state index is 12.3. The van der Waals surface area contributed by atoms with Crippen molar-refractivity contribution >= 4 is 21.6 Å². The van der Waals surface area contributed by atoms with Gasteiger partial charge in [-0.1, -0.05) is 23.7 Å². The van der Waals surface area contributed by atoms with Crippen LogP contribution in [0.2, 0.25) is 5.02 Å². The number of ether oxygens (including phenoxy) is 1. The summed E-state index contributed by atoms with van der Waals surface area (Å²) >= 11 is 6.04. The molecule has 1 aliphatic rings. The van der Waals surface area contributed by atoms with Gasteiger partial charge >= 0.3 is 0 Å². The fourth-order valence-electron chi connectivity index (χ4n) is 2.32. The summed E-state index contributed by atoms with van der Waals surface area (Å²) in [6, 6.07) is 13.2. The van der Waals surface area contributed by atoms with Crippen molar-refractivity contribution in [3.63, 3.8) is 0 Å². The summed E-state index contributed by atoms with van der Waals surface area (Å²) in [4.78, 5) is 0.178. The molecule has 3 N–H and O–H groups in total. The monoisotopic (exact) mass is 366 g/mol. The SMILES string of the molecule is NC(CNS(=O)(=O)c1ccc(Oc2ccccc2Cl)cc1)C1CC1. The lowest BCUT2D eigenvalue weighted by atomic mass is 10.2. The van der Waals surface area contributed by atoms with Gasteiger partial charge in [0.2, 0.25) is 10.0 Å². The van der Waals surface area contributed by atoms with Crippen molar-refractivity contribution in [1.29, 1.82) is 0 Å². The second-order valence-corrected chi connectivity index (χ2v) is 8.03. The average molecular weight is 367 g/mol. The van der Waals surface area contributed by atoms with Gasteiger partial charge in [-0.2, -0.15) is 0 Å². The van der Waals surface area contributed by atoms with Gasteiger partial charge in [-0.15, -0.1) is 0 Å². The van der Waals surface area contributed by atoms with E-state index in [1.807, 2.05) is 12.1 Å². The van der Waals surface area contributed by atoms with Gasteiger partial charge < -0.3 is 10.5 Å². The molecule has 2 aromatic rings. The fraction of sp³-hybridized carbons (Fsp3) is 0.294. The molecule has 5 nitrogen and oxygen atoms in total. The van der Waals surface area contributed by atoms with Crippen molar-refractivity contribution < 1.29 is 13.2 Å². The number of nitrogens with one attached hydrogen (secondary N) is 1. The second-order valence-electron chi connectivity index (χ2n) is 5.86. The normalized spacial score (nSPS) is 15.9. The van der Waals surface area contributed by atoms with Crippen LogP contribution < -0.4 is 15.2 Å². The molecule has 1 fully saturated rings. The minimum Gasteiger partial charge on any atom is -0.456 e. The van der Waals surface area contributed by atoms with E-state index in [1.54, 1.807) is 24.3 Å². The van der Waals surface area contributed by atoms with Gasteiger partial charge in [-0.25, -0.2) is 13.1 Å². The van der Waals surface area contributed by atoms with Gasteiger partial charge in [0, 0.05) is 12.6 Å². The lowest BCUT2D eigenvalue weighted by Crippen LogP contribution is -2.38. The summed E-state index contributed by atoms with van der Waals surface area (Å²) in [5.41, 5.74) is 5.93. The molecule has 0 spiro atoms. The van der Waals surface area contributed by atoms with Gasteiger partial charge in [0.25, 0.3) is 0 Å². The molecule has 1 unspecified atom stereocenters. The molecule has 24 heavy (non-hydrogen) atoms. The van der Waals surface area contributed by atoms with E-state index in [1.165, 1.54) is 12.1 Å². The Morgan fingerprint density at radius 3 is 2.46 bits per heavy atom. The Bertz CT molecular complexity index is 805. The zero-order chi connectivity index (χ0) is 17.2. The standard InChI is InChI=1S/C17H19ClN2O3S/c18-15-3-1-2-4-17(15)23-13-7-9-14(10-8-13)24(21,22)20-11-16(19)12-5-6-12/h1-4,7-10,12,16,20H,5-6,11,19H2. The van der Waals surface area contributed by atoms with Crippen LogP contribution in [0, 0.1) is 5.92 Å². The van der Waals surface area contributed by atoms with Gasteiger partial charge in [-0.05, 0) is 55.2 Å². The van der Waals surface area contributed by atoms with E-state index < -0.39 is 10.0 Å². The van der Waals surface area contributed by atoms with Crippen molar-refractivity contribution in [1.82, 2.24) is 4.72 Å². The van der Waals surface area contributed by atoms with Crippen LogP contribution in [0.3, 0.4) is 0 Å². The molecular formula is C17H19ClN2O3S. The van der Waals surface area contributed by atoms with Crippen LogP contribution in [0.25, 0.3) is 0 Å². The molecule has 0 saturated heterocycles. The molecule has 7 heteroatoms. The van der Waals surface area contributed by atoms with Crippen LogP contribution in [0.4, 0.5) is 0 Å². The van der Waals surface area contributed by atoms with E-state index in [2.05, 4.69) is 4.72 Å². The predicted molar refractivity (Wildman–Crippen MR) is 93.9 cm³/mol. The van der Waals surface area contributed by atoms with Crippen LogP contribution in [0.1, 0.15) is 12.8 Å². The number of para-hydroxylation sites is 1. The largest absolute Gasteiger partial charge is 0.456 e. The number of halogens is 1. The molecule has 0 radical (unpaired) electrons. The molecule has 1 aliphatic carbocycles. The highest BCUT2D eigenvalue weighted by molar-refractivity contribution is 7.89. The Morgan fingerprint density at radius 1 is 1.17 bits per heavy atom. The van der Waals surface area contributed by atoms with Crippen molar-refractivity contribution in [2.45, 2.75) is 23.8 Å². The number of rotatable bonds is 7. The molecule has 0 aromatic heterocycles. The van der Waals surface area contributed by atoms with Crippen molar-refractivity contribution in [2.24, 2.45) is 11.7 Å². The maximum Gasteiger partial charge on any atom is 0.240 e. The lowest BCUT2D eigenvalue weighted by molar-refractivity contribution is 0.482. The first-order valence-electron chi connectivity index (χ1n) is 7.73. The zero-order valence-electron chi connectivity index (χ0n) is 13.0. The second kappa shape index (κ2) is 7.11. The van der Waals surface area contributed by atoms with Crippen LogP contribution >= 0.6 is 11.6 Å². The van der Waals surface area contributed by atoms with E-state index in [0.717, 1.165) is 12.8 Å². The average Bonchev–Trinajstić information content (AvgIpc) is 3.40. The molecule has 1 saturated carbocycles. The first kappa shape index (κ1) is 17.2. The smallest absolute Gasteiger partial charge is 0.240 e. The Labute approximate surface area is 146 Å². The maximum atomic E-state index is 12.3. The highest BCUT2D eigenvalue weighted by atomic mass is 35.5. The summed E-state index contributed by atoms with van der Waals surface area (Å²) in [5.74, 6) is 1.47. The highest BCUT2D eigenvalue weighted by Gasteiger charge is 2.29. The lowest BCUT2D eigenvalue weighted by Gasteiger charge is -2.12. The van der Waals surface area contributed by atoms with E-state index in [-0.39, 0.29) is 17.5 Å². The van der Waals surface area contributed by atoms with Crippen molar-refractivity contribution in [2.75, 3.05) is 6.54 Å². The number of hydrogen-bond acceptors (Lipinski definition) is 4. The number of nitrogens with two attached hydrogens (primary N) is 1. The van der Waals surface area contributed by atoms with E-state index in [0.29, 0.717) is 22.4 Å². The third-order valence-corrected chi connectivity index (χ3v) is 5.69. The summed E-state index contributed by atoms with van der Waals surface area (Å²) < 4.78 is 32.8. The predicted octanol–water partition coefficient (Wildman–Crippen LogP) is 3.15. The molecular weight excluding hydrogens is 348 g/mol. The molecule has 0 aliphatic heterocycles. The van der Waals surface area contributed by atoms with E-state index in [4.69, 9.17) is 22.1 Å². The molecule has 1 atom stereocenters. The third kappa shape index (κ3) is 4.27. The first-order chi connectivity index (χ1) is 11.5. The Morgan fingerprint density at radius 2 is 1.83 bits per heavy atom. The molecule has 3 rings (SSSR count). The van der Waals surface area contributed by atoms with Gasteiger partial charge in [-0.3, -0.25) is 0 Å². The molecule has 0 amide bonds. The summed E-state index contributed by atoms with van der Waals surface area (Å²) in [7, 11) is -3.57. The Hall–Kier alpha value is -1.60. The van der Waals surface area contributed by atoms with Gasteiger partial charge in [0.15, 0.2) is 0 Å². The third-order valence-electron chi connectivity index (χ3n) is 3.94. The minimum absolute atomic E-state index is 0.123. The fourth-order valence-corrected chi connectivity index (χ4v) is 3.57. The minimum atomic E-state index is -3.57. The van der Waals surface area contributed by atoms with E-state index in [9.17, 15) is 8.42 Å². The number of sulfonamides is 1. The number of hydrogen-bond donors (Lipinski definition) is 2. The van der Waals surface area contributed by atoms with E-state index >= 15 is 0 Å². The molecule has 128 valence electrons. The van der Waals surface area contributed by atoms with Crippen LogP contribution in [-0.4, -0.2) is 21.0 Å². The van der Waals surface area contributed by atoms with Crippen LogP contribution in [-0.2, 0) is 10.0 Å². The van der Waals surface area contributed by atoms with Crippen LogP contribution in [0.15, 0.2) is 53.4 Å². The molecule has 0 heterocycles. The van der Waals surface area contributed by atoms with Gasteiger partial charge in [0.1, 0.15) is 11.5 Å². The quantitative estimate of drug-likeness (QED) is 0.788. The molecule has 0 bridgehead atoms. The molecule has 2 aromatic carbocycles. The Kier molecular flexibility index (Phi) is 5.10. The van der Waals surface area contributed by atoms with Crippen LogP contribution in [0.5, 0.6) is 11.5 Å². The van der Waals surface area contributed by atoms with Crippen molar-refractivity contribution in [3.05, 3.63) is 53.6 Å². The number of benzene rings is 2. The topological polar surface area (TPSA) is 81.4 Å². The summed E-state index contributed by atoms with van der Waals surface area (Å²) in [5, 5.41) is 0.491. The zero-order valence-corrected chi connectivity index (χ0v) is 14.6. The first-order valence-corrected chi connectivity index (χ1v) is 9.59. The van der Waals surface area contributed by atoms with Crippen molar-refractivity contribution in [3.8, 4) is 11.5 Å². The summed E-state index contributed by atoms with van der Waals surface area (Å²) in [6.45, 7) is 0.255. The van der Waals surface area contributed by atoms with Gasteiger partial charge in [0.05, 0.1) is 9.92 Å².